The van der Waals surface area contributed by atoms with Gasteiger partial charge in [-0.25, -0.2) is 9.97 Å². The smallest absolute Gasteiger partial charge is 0.311 e. The highest BCUT2D eigenvalue weighted by Crippen LogP contribution is 2.27. The highest BCUT2D eigenvalue weighted by molar-refractivity contribution is 6.31. The second-order valence-corrected chi connectivity index (χ2v) is 5.54. The summed E-state index contributed by atoms with van der Waals surface area (Å²) >= 11 is 11.9. The summed E-state index contributed by atoms with van der Waals surface area (Å²) in [5, 5.41) is 0.0000734. The highest BCUT2D eigenvalue weighted by atomic mass is 35.5. The van der Waals surface area contributed by atoms with Crippen LogP contribution in [0.5, 0.6) is 0 Å². The number of hydrogen-bond acceptors (Lipinski definition) is 2. The molecule has 0 N–H and O–H groups in total. The molecule has 0 aliphatic rings. The first-order valence-electron chi connectivity index (χ1n) is 6.00. The lowest BCUT2D eigenvalue weighted by atomic mass is 10.3. The van der Waals surface area contributed by atoms with Gasteiger partial charge in [0.2, 0.25) is 0 Å². The van der Waals surface area contributed by atoms with E-state index in [4.69, 9.17) is 23.2 Å². The molecule has 110 valence electrons. The number of rotatable bonds is 4. The first kappa shape index (κ1) is 15.4. The third kappa shape index (κ3) is 3.55. The molecular formula is C12H12Cl2F3N3. The van der Waals surface area contributed by atoms with Crippen molar-refractivity contribution in [3.8, 4) is 0 Å². The van der Waals surface area contributed by atoms with Crippen LogP contribution in [0.25, 0.3) is 11.2 Å². The van der Waals surface area contributed by atoms with Crippen LogP contribution in [0, 0.1) is 0 Å². The topological polar surface area (TPSA) is 30.7 Å². The molecule has 2 aromatic rings. The van der Waals surface area contributed by atoms with E-state index >= 15 is 0 Å². The number of hydrogen-bond donors (Lipinski definition) is 0. The SMILES string of the molecule is CC(Cl)c1nc2cc(Cl)cnc2n1CCCC(F)(F)F. The maximum Gasteiger partial charge on any atom is 0.389 e. The molecule has 8 heteroatoms. The Hall–Kier alpha value is -1.01. The van der Waals surface area contributed by atoms with E-state index in [0.29, 0.717) is 22.0 Å². The van der Waals surface area contributed by atoms with Gasteiger partial charge in [-0.1, -0.05) is 11.6 Å². The second-order valence-electron chi connectivity index (χ2n) is 4.45. The molecule has 2 heterocycles. The summed E-state index contributed by atoms with van der Waals surface area (Å²) in [6, 6.07) is 1.62. The lowest BCUT2D eigenvalue weighted by Crippen LogP contribution is -2.11. The van der Waals surface area contributed by atoms with E-state index in [0.717, 1.165) is 0 Å². The summed E-state index contributed by atoms with van der Waals surface area (Å²) in [7, 11) is 0. The van der Waals surface area contributed by atoms with Gasteiger partial charge in [0.25, 0.3) is 0 Å². The van der Waals surface area contributed by atoms with Gasteiger partial charge in [0.05, 0.1) is 10.4 Å². The van der Waals surface area contributed by atoms with Gasteiger partial charge in [-0.2, -0.15) is 13.2 Å². The van der Waals surface area contributed by atoms with E-state index in [1.165, 1.54) is 6.20 Å². The molecule has 1 atom stereocenters. The van der Waals surface area contributed by atoms with Crippen LogP contribution in [0.4, 0.5) is 13.2 Å². The fourth-order valence-electron chi connectivity index (χ4n) is 1.97. The van der Waals surface area contributed by atoms with Crippen molar-refractivity contribution < 1.29 is 13.2 Å². The van der Waals surface area contributed by atoms with E-state index in [9.17, 15) is 13.2 Å². The summed E-state index contributed by atoms with van der Waals surface area (Å²) in [5.74, 6) is 0.499. The number of alkyl halides is 4. The van der Waals surface area contributed by atoms with Gasteiger partial charge in [-0.15, -0.1) is 11.6 Å². The zero-order valence-electron chi connectivity index (χ0n) is 10.6. The highest BCUT2D eigenvalue weighted by Gasteiger charge is 2.26. The van der Waals surface area contributed by atoms with Gasteiger partial charge < -0.3 is 4.57 Å². The standard InChI is InChI=1S/C12H12Cl2F3N3/c1-7(13)10-19-9-5-8(14)6-18-11(9)20(10)4-2-3-12(15,16)17/h5-7H,2-4H2,1H3. The third-order valence-electron chi connectivity index (χ3n) is 2.78. The first-order valence-corrected chi connectivity index (χ1v) is 6.82. The normalized spacial score (nSPS) is 13.9. The van der Waals surface area contributed by atoms with E-state index in [2.05, 4.69) is 9.97 Å². The van der Waals surface area contributed by atoms with Gasteiger partial charge in [-0.05, 0) is 19.4 Å². The average Bonchev–Trinajstić information content (AvgIpc) is 2.66. The Balaban J connectivity index is 2.32. The number of nitrogens with zero attached hydrogens (tertiary/aromatic N) is 3. The van der Waals surface area contributed by atoms with Crippen molar-refractivity contribution in [2.24, 2.45) is 0 Å². The predicted molar refractivity (Wildman–Crippen MR) is 72.1 cm³/mol. The molecule has 3 nitrogen and oxygen atoms in total. The van der Waals surface area contributed by atoms with Crippen molar-refractivity contribution in [1.82, 2.24) is 14.5 Å². The summed E-state index contributed by atoms with van der Waals surface area (Å²) < 4.78 is 38.3. The van der Waals surface area contributed by atoms with E-state index < -0.39 is 18.0 Å². The molecule has 0 amide bonds. The summed E-state index contributed by atoms with van der Waals surface area (Å²) in [6.07, 6.45) is -3.62. The van der Waals surface area contributed by atoms with Crippen LogP contribution in [-0.2, 0) is 6.54 Å². The summed E-state index contributed by atoms with van der Waals surface area (Å²) in [4.78, 5) is 8.42. The lowest BCUT2D eigenvalue weighted by molar-refractivity contribution is -0.135. The molecule has 0 fully saturated rings. The Bertz CT molecular complexity index is 608. The molecule has 20 heavy (non-hydrogen) atoms. The van der Waals surface area contributed by atoms with Crippen LogP contribution >= 0.6 is 23.2 Å². The molecule has 2 rings (SSSR count). The van der Waals surface area contributed by atoms with Crippen molar-refractivity contribution in [3.05, 3.63) is 23.1 Å². The van der Waals surface area contributed by atoms with Gasteiger partial charge in [0, 0.05) is 19.2 Å². The minimum Gasteiger partial charge on any atom is -0.311 e. The maximum absolute atomic E-state index is 12.2. The molecule has 0 saturated heterocycles. The predicted octanol–water partition coefficient (Wildman–Crippen LogP) is 4.73. The van der Waals surface area contributed by atoms with Crippen molar-refractivity contribution in [2.75, 3.05) is 0 Å². The fourth-order valence-corrected chi connectivity index (χ4v) is 2.28. The molecule has 1 unspecified atom stereocenters. The second kappa shape index (κ2) is 5.77. The van der Waals surface area contributed by atoms with Crippen LogP contribution in [0.2, 0.25) is 5.02 Å². The van der Waals surface area contributed by atoms with Crippen LogP contribution in [0.3, 0.4) is 0 Å². The number of aryl methyl sites for hydroxylation is 1. The van der Waals surface area contributed by atoms with Crippen molar-refractivity contribution in [2.45, 2.75) is 37.9 Å². The van der Waals surface area contributed by atoms with Crippen molar-refractivity contribution in [1.29, 1.82) is 0 Å². The van der Waals surface area contributed by atoms with E-state index in [1.807, 2.05) is 0 Å². The zero-order chi connectivity index (χ0) is 14.9. The maximum atomic E-state index is 12.2. The monoisotopic (exact) mass is 325 g/mol. The van der Waals surface area contributed by atoms with E-state index in [-0.39, 0.29) is 13.0 Å². The molecule has 2 aromatic heterocycles. The number of halogens is 5. The van der Waals surface area contributed by atoms with Crippen LogP contribution in [-0.4, -0.2) is 20.7 Å². The Kier molecular flexibility index (Phi) is 4.44. The third-order valence-corrected chi connectivity index (χ3v) is 3.18. The Morgan fingerprint density at radius 1 is 1.40 bits per heavy atom. The molecule has 0 saturated carbocycles. The summed E-state index contributed by atoms with van der Waals surface area (Å²) in [5.41, 5.74) is 1.03. The average molecular weight is 326 g/mol. The minimum absolute atomic E-state index is 0.0458. The number of aromatic nitrogens is 3. The van der Waals surface area contributed by atoms with Gasteiger partial charge >= 0.3 is 6.18 Å². The minimum atomic E-state index is -4.17. The zero-order valence-corrected chi connectivity index (χ0v) is 12.1. The Morgan fingerprint density at radius 3 is 2.70 bits per heavy atom. The molecule has 0 aromatic carbocycles. The fraction of sp³-hybridized carbons (Fsp3) is 0.500. The Morgan fingerprint density at radius 2 is 2.10 bits per heavy atom. The number of pyridine rings is 1. The van der Waals surface area contributed by atoms with Crippen molar-refractivity contribution >= 4 is 34.4 Å². The molecule has 0 aliphatic carbocycles. The van der Waals surface area contributed by atoms with Gasteiger partial charge in [0.1, 0.15) is 11.3 Å². The largest absolute Gasteiger partial charge is 0.389 e. The quantitative estimate of drug-likeness (QED) is 0.761. The van der Waals surface area contributed by atoms with E-state index in [1.54, 1.807) is 17.6 Å². The van der Waals surface area contributed by atoms with Gasteiger partial charge in [-0.3, -0.25) is 0 Å². The summed E-state index contributed by atoms with van der Waals surface area (Å²) in [6.45, 7) is 1.88. The lowest BCUT2D eigenvalue weighted by Gasteiger charge is -2.11. The number of imidazole rings is 1. The van der Waals surface area contributed by atoms with Crippen LogP contribution < -0.4 is 0 Å². The molecule has 0 spiro atoms. The number of fused-ring (bicyclic) bond motifs is 1. The van der Waals surface area contributed by atoms with Crippen LogP contribution in [0.15, 0.2) is 12.3 Å². The molecular weight excluding hydrogens is 314 g/mol. The van der Waals surface area contributed by atoms with Crippen LogP contribution in [0.1, 0.15) is 31.0 Å². The Labute approximate surface area is 123 Å². The van der Waals surface area contributed by atoms with Gasteiger partial charge in [0.15, 0.2) is 5.65 Å². The molecule has 0 bridgehead atoms. The molecule has 0 aliphatic heterocycles. The van der Waals surface area contributed by atoms with Crippen molar-refractivity contribution in [3.63, 3.8) is 0 Å². The molecule has 0 radical (unpaired) electrons. The first-order chi connectivity index (χ1) is 9.28.